The van der Waals surface area contributed by atoms with Gasteiger partial charge in [-0.15, -0.1) is 0 Å². The summed E-state index contributed by atoms with van der Waals surface area (Å²) in [4.78, 5) is 4.29. The highest BCUT2D eigenvalue weighted by atomic mass is 15.2. The Morgan fingerprint density at radius 1 is 1.50 bits per heavy atom. The molecule has 68 valence electrons. The van der Waals surface area contributed by atoms with E-state index in [9.17, 15) is 0 Å². The molecule has 1 aromatic heterocycles. The molecule has 0 aliphatic carbocycles. The Balaban J connectivity index is 2.77. The molecule has 1 heterocycles. The number of aromatic amines is 1. The van der Waals surface area contributed by atoms with Gasteiger partial charge in [-0.25, -0.2) is 4.98 Å². The van der Waals surface area contributed by atoms with Crippen molar-refractivity contribution in [1.29, 1.82) is 0 Å². The zero-order valence-electron chi connectivity index (χ0n) is 7.83. The smallest absolute Gasteiger partial charge is 0.153 e. The first-order valence-corrected chi connectivity index (χ1v) is 4.33. The second-order valence-electron chi connectivity index (χ2n) is 3.18. The summed E-state index contributed by atoms with van der Waals surface area (Å²) in [5.41, 5.74) is 5.63. The molecule has 0 saturated heterocycles. The first-order valence-electron chi connectivity index (χ1n) is 4.33. The highest BCUT2D eigenvalue weighted by molar-refractivity contribution is 4.98. The number of aromatic nitrogens is 3. The molecule has 0 fully saturated rings. The number of H-pyrrole nitrogens is 1. The summed E-state index contributed by atoms with van der Waals surface area (Å²) in [5, 5.41) is 6.93. The topological polar surface area (TPSA) is 67.6 Å². The Hall–Kier alpha value is -0.900. The van der Waals surface area contributed by atoms with Crippen LogP contribution in [0.1, 0.15) is 50.8 Å². The third-order valence-electron chi connectivity index (χ3n) is 2.00. The largest absolute Gasteiger partial charge is 0.322 e. The molecule has 3 N–H and O–H groups in total. The van der Waals surface area contributed by atoms with Crippen molar-refractivity contribution in [2.24, 2.45) is 5.73 Å². The molecule has 1 rings (SSSR count). The molecule has 12 heavy (non-hydrogen) atoms. The van der Waals surface area contributed by atoms with Crippen molar-refractivity contribution in [3.63, 3.8) is 0 Å². The van der Waals surface area contributed by atoms with E-state index >= 15 is 0 Å². The molecular formula is C8H16N4. The van der Waals surface area contributed by atoms with Crippen LogP contribution in [0.2, 0.25) is 0 Å². The van der Waals surface area contributed by atoms with Crippen molar-refractivity contribution in [1.82, 2.24) is 15.2 Å². The lowest BCUT2D eigenvalue weighted by molar-refractivity contribution is 0.680. The van der Waals surface area contributed by atoms with Crippen molar-refractivity contribution < 1.29 is 0 Å². The lowest BCUT2D eigenvalue weighted by Gasteiger charge is -2.00. The quantitative estimate of drug-likeness (QED) is 0.715. The molecule has 0 aromatic carbocycles. The highest BCUT2D eigenvalue weighted by Crippen LogP contribution is 2.14. The molecule has 0 amide bonds. The molecule has 4 heteroatoms. The predicted molar refractivity (Wildman–Crippen MR) is 47.7 cm³/mol. The normalized spacial score (nSPS) is 16.0. The van der Waals surface area contributed by atoms with Crippen LogP contribution < -0.4 is 5.73 Å². The third-order valence-corrected chi connectivity index (χ3v) is 2.00. The monoisotopic (exact) mass is 168 g/mol. The highest BCUT2D eigenvalue weighted by Gasteiger charge is 2.11. The van der Waals surface area contributed by atoms with Crippen LogP contribution in [0, 0.1) is 0 Å². The fourth-order valence-electron chi connectivity index (χ4n) is 0.895. The number of hydrogen-bond donors (Lipinski definition) is 2. The summed E-state index contributed by atoms with van der Waals surface area (Å²) in [6.07, 6.45) is 1.05. The van der Waals surface area contributed by atoms with Crippen LogP contribution in [-0.4, -0.2) is 15.2 Å². The molecule has 0 aliphatic heterocycles. The van der Waals surface area contributed by atoms with Gasteiger partial charge in [0, 0.05) is 5.92 Å². The number of nitrogens with two attached hydrogens (primary N) is 1. The van der Waals surface area contributed by atoms with Crippen LogP contribution in [0.4, 0.5) is 0 Å². The van der Waals surface area contributed by atoms with Crippen LogP contribution in [-0.2, 0) is 0 Å². The van der Waals surface area contributed by atoms with Crippen LogP contribution >= 0.6 is 0 Å². The van der Waals surface area contributed by atoms with E-state index in [1.54, 1.807) is 0 Å². The Kier molecular flexibility index (Phi) is 2.81. The van der Waals surface area contributed by atoms with E-state index < -0.39 is 0 Å². The van der Waals surface area contributed by atoms with Gasteiger partial charge in [0.1, 0.15) is 5.82 Å². The van der Waals surface area contributed by atoms with Crippen molar-refractivity contribution in [3.8, 4) is 0 Å². The average Bonchev–Trinajstić information content (AvgIpc) is 2.51. The number of rotatable bonds is 3. The first-order chi connectivity index (χ1) is 5.65. The zero-order valence-corrected chi connectivity index (χ0v) is 7.83. The van der Waals surface area contributed by atoms with Crippen molar-refractivity contribution in [2.75, 3.05) is 0 Å². The van der Waals surface area contributed by atoms with Crippen LogP contribution in [0.3, 0.4) is 0 Å². The maximum absolute atomic E-state index is 5.63. The number of hydrogen-bond acceptors (Lipinski definition) is 3. The van der Waals surface area contributed by atoms with E-state index in [-0.39, 0.29) is 6.04 Å². The van der Waals surface area contributed by atoms with E-state index in [0.29, 0.717) is 5.92 Å². The maximum Gasteiger partial charge on any atom is 0.153 e. The van der Waals surface area contributed by atoms with Gasteiger partial charge in [0.2, 0.25) is 0 Å². The van der Waals surface area contributed by atoms with E-state index in [1.165, 1.54) is 0 Å². The van der Waals surface area contributed by atoms with Gasteiger partial charge < -0.3 is 5.73 Å². The molecule has 0 bridgehead atoms. The number of nitrogens with one attached hydrogen (secondary N) is 1. The molecule has 4 nitrogen and oxygen atoms in total. The van der Waals surface area contributed by atoms with Gasteiger partial charge in [-0.2, -0.15) is 5.10 Å². The van der Waals surface area contributed by atoms with Gasteiger partial charge in [-0.1, -0.05) is 13.8 Å². The van der Waals surface area contributed by atoms with Gasteiger partial charge in [0.05, 0.1) is 6.04 Å². The van der Waals surface area contributed by atoms with E-state index in [0.717, 1.165) is 18.1 Å². The van der Waals surface area contributed by atoms with Gasteiger partial charge in [-0.3, -0.25) is 5.10 Å². The van der Waals surface area contributed by atoms with E-state index in [2.05, 4.69) is 29.0 Å². The molecule has 2 atom stereocenters. The Morgan fingerprint density at radius 2 is 2.17 bits per heavy atom. The second kappa shape index (κ2) is 3.67. The minimum Gasteiger partial charge on any atom is -0.322 e. The van der Waals surface area contributed by atoms with Crippen LogP contribution in [0.25, 0.3) is 0 Å². The summed E-state index contributed by atoms with van der Waals surface area (Å²) in [6.45, 7) is 6.11. The predicted octanol–water partition coefficient (Wildman–Crippen LogP) is 1.34. The maximum atomic E-state index is 5.63. The molecule has 0 aliphatic rings. The fourth-order valence-corrected chi connectivity index (χ4v) is 0.895. The van der Waals surface area contributed by atoms with Gasteiger partial charge in [-0.05, 0) is 13.3 Å². The molecule has 1 aromatic rings. The summed E-state index contributed by atoms with van der Waals surface area (Å²) in [5.74, 6) is 2.05. The molecule has 0 unspecified atom stereocenters. The lowest BCUT2D eigenvalue weighted by Crippen LogP contribution is -2.07. The Bertz CT molecular complexity index is 241. The minimum atomic E-state index is -0.0599. The van der Waals surface area contributed by atoms with Crippen LogP contribution in [0.5, 0.6) is 0 Å². The van der Waals surface area contributed by atoms with E-state index in [1.807, 2.05) is 6.92 Å². The molecule has 0 spiro atoms. The van der Waals surface area contributed by atoms with E-state index in [4.69, 9.17) is 5.73 Å². The van der Waals surface area contributed by atoms with Crippen LogP contribution in [0.15, 0.2) is 0 Å². The second-order valence-corrected chi connectivity index (χ2v) is 3.18. The standard InChI is InChI=1S/C8H16N4/c1-4-5(2)7-10-8(6(3)9)12-11-7/h5-6H,4,9H2,1-3H3,(H,10,11,12)/t5-,6-/m1/s1. The zero-order chi connectivity index (χ0) is 9.14. The van der Waals surface area contributed by atoms with Gasteiger partial charge in [0.25, 0.3) is 0 Å². The minimum absolute atomic E-state index is 0.0599. The van der Waals surface area contributed by atoms with Gasteiger partial charge >= 0.3 is 0 Å². The van der Waals surface area contributed by atoms with Crippen molar-refractivity contribution >= 4 is 0 Å². The third kappa shape index (κ3) is 1.82. The van der Waals surface area contributed by atoms with Crippen molar-refractivity contribution in [3.05, 3.63) is 11.6 Å². The molecule has 0 radical (unpaired) electrons. The summed E-state index contributed by atoms with van der Waals surface area (Å²) in [6, 6.07) is -0.0599. The summed E-state index contributed by atoms with van der Waals surface area (Å²) >= 11 is 0. The molecule has 0 saturated carbocycles. The summed E-state index contributed by atoms with van der Waals surface area (Å²) < 4.78 is 0. The Labute approximate surface area is 72.6 Å². The summed E-state index contributed by atoms with van der Waals surface area (Å²) in [7, 11) is 0. The lowest BCUT2D eigenvalue weighted by atomic mass is 10.1. The number of nitrogens with zero attached hydrogens (tertiary/aromatic N) is 2. The Morgan fingerprint density at radius 3 is 2.58 bits per heavy atom. The average molecular weight is 168 g/mol. The SMILES string of the molecule is CC[C@@H](C)c1n[nH]c([C@@H](C)N)n1. The van der Waals surface area contributed by atoms with Gasteiger partial charge in [0.15, 0.2) is 5.82 Å². The molecular weight excluding hydrogens is 152 g/mol. The fraction of sp³-hybridized carbons (Fsp3) is 0.750. The van der Waals surface area contributed by atoms with Crippen molar-refractivity contribution in [2.45, 2.75) is 39.2 Å². The first kappa shape index (κ1) is 9.19.